The summed E-state index contributed by atoms with van der Waals surface area (Å²) in [6.45, 7) is 0. The van der Waals surface area contributed by atoms with Crippen LogP contribution < -0.4 is 0 Å². The van der Waals surface area contributed by atoms with E-state index < -0.39 is 0 Å². The number of hydrogen-bond acceptors (Lipinski definition) is 2. The van der Waals surface area contributed by atoms with Crippen molar-refractivity contribution in [3.05, 3.63) is 0 Å². The van der Waals surface area contributed by atoms with Gasteiger partial charge in [-0.15, -0.1) is 0 Å². The highest BCUT2D eigenvalue weighted by atomic mass is 16.5. The fraction of sp³-hybridized carbons (Fsp3) is 0.889. The molecule has 0 aromatic carbocycles. The van der Waals surface area contributed by atoms with Crippen molar-refractivity contribution < 1.29 is 9.53 Å². The topological polar surface area (TPSA) is 26.3 Å². The Hall–Kier alpha value is -0.370. The van der Waals surface area contributed by atoms with Gasteiger partial charge in [0, 0.05) is 13.5 Å². The van der Waals surface area contributed by atoms with E-state index in [2.05, 4.69) is 0 Å². The maximum Gasteiger partial charge on any atom is 0.162 e. The van der Waals surface area contributed by atoms with Gasteiger partial charge in [-0.3, -0.25) is 4.79 Å². The lowest BCUT2D eigenvalue weighted by molar-refractivity contribution is -0.127. The smallest absolute Gasteiger partial charge is 0.162 e. The van der Waals surface area contributed by atoms with Crippen molar-refractivity contribution in [1.29, 1.82) is 0 Å². The normalized spacial score (nSPS) is 43.0. The zero-order valence-corrected chi connectivity index (χ0v) is 6.88. The molecular formula is C9H14O2. The molecule has 0 amide bonds. The average molecular weight is 154 g/mol. The van der Waals surface area contributed by atoms with Gasteiger partial charge in [-0.2, -0.15) is 0 Å². The summed E-state index contributed by atoms with van der Waals surface area (Å²) in [5.74, 6) is 1.56. The van der Waals surface area contributed by atoms with E-state index in [4.69, 9.17) is 4.74 Å². The summed E-state index contributed by atoms with van der Waals surface area (Å²) < 4.78 is 5.19. The number of methoxy groups -OCH3 is 1. The quantitative estimate of drug-likeness (QED) is 0.570. The number of rotatable bonds is 1. The lowest BCUT2D eigenvalue weighted by Crippen LogP contribution is -2.23. The van der Waals surface area contributed by atoms with Crippen LogP contribution in [0.15, 0.2) is 0 Å². The van der Waals surface area contributed by atoms with Crippen LogP contribution in [0.2, 0.25) is 0 Å². The van der Waals surface area contributed by atoms with Crippen molar-refractivity contribution in [2.75, 3.05) is 7.11 Å². The third kappa shape index (κ3) is 1.00. The molecule has 2 saturated carbocycles. The van der Waals surface area contributed by atoms with Crippen molar-refractivity contribution in [3.8, 4) is 0 Å². The van der Waals surface area contributed by atoms with Crippen LogP contribution >= 0.6 is 0 Å². The van der Waals surface area contributed by atoms with Crippen LogP contribution in [0.4, 0.5) is 0 Å². The van der Waals surface area contributed by atoms with Crippen molar-refractivity contribution >= 4 is 5.78 Å². The molecule has 0 radical (unpaired) electrons. The monoisotopic (exact) mass is 154 g/mol. The number of fused-ring (bicyclic) bond motifs is 1. The molecule has 2 heteroatoms. The van der Waals surface area contributed by atoms with Crippen LogP contribution in [0.1, 0.15) is 25.7 Å². The Bertz CT molecular complexity index is 176. The second kappa shape index (κ2) is 2.59. The number of Topliss-reactive ketones (excluding diaryl/α,β-unsaturated/α-hetero) is 1. The summed E-state index contributed by atoms with van der Waals surface area (Å²) in [6.07, 6.45) is 4.47. The molecule has 0 saturated heterocycles. The Morgan fingerprint density at radius 3 is 3.00 bits per heavy atom. The summed E-state index contributed by atoms with van der Waals surface area (Å²) in [5, 5.41) is 0. The molecule has 0 aliphatic heterocycles. The van der Waals surface area contributed by atoms with Gasteiger partial charge in [0.2, 0.25) is 0 Å². The first-order valence-corrected chi connectivity index (χ1v) is 4.38. The van der Waals surface area contributed by atoms with E-state index >= 15 is 0 Å². The van der Waals surface area contributed by atoms with Gasteiger partial charge in [0.1, 0.15) is 6.10 Å². The Balaban J connectivity index is 2.13. The van der Waals surface area contributed by atoms with Gasteiger partial charge in [-0.05, 0) is 24.7 Å². The molecule has 2 nitrogen and oxygen atoms in total. The first kappa shape index (κ1) is 7.29. The van der Waals surface area contributed by atoms with Crippen LogP contribution in [-0.2, 0) is 9.53 Å². The number of carbonyl (C=O) groups excluding carboxylic acids is 1. The highest BCUT2D eigenvalue weighted by molar-refractivity contribution is 5.86. The zero-order chi connectivity index (χ0) is 7.84. The van der Waals surface area contributed by atoms with E-state index in [1.54, 1.807) is 7.11 Å². The van der Waals surface area contributed by atoms with Gasteiger partial charge in [0.25, 0.3) is 0 Å². The minimum atomic E-state index is -0.0532. The molecule has 0 aromatic heterocycles. The molecule has 2 rings (SSSR count). The van der Waals surface area contributed by atoms with E-state index in [0.717, 1.165) is 6.42 Å². The largest absolute Gasteiger partial charge is 0.373 e. The molecule has 0 heterocycles. The van der Waals surface area contributed by atoms with E-state index in [-0.39, 0.29) is 6.10 Å². The Labute approximate surface area is 66.9 Å². The van der Waals surface area contributed by atoms with Gasteiger partial charge >= 0.3 is 0 Å². The first-order valence-electron chi connectivity index (χ1n) is 4.38. The predicted octanol–water partition coefficient (Wildman–Crippen LogP) is 1.39. The maximum atomic E-state index is 11.3. The highest BCUT2D eigenvalue weighted by Gasteiger charge is 2.44. The first-order chi connectivity index (χ1) is 5.33. The summed E-state index contributed by atoms with van der Waals surface area (Å²) in [6, 6.07) is 0. The minimum Gasteiger partial charge on any atom is -0.373 e. The second-order valence-electron chi connectivity index (χ2n) is 3.68. The summed E-state index contributed by atoms with van der Waals surface area (Å²) >= 11 is 0. The molecule has 2 aliphatic carbocycles. The molecule has 2 aliphatic rings. The minimum absolute atomic E-state index is 0.0532. The van der Waals surface area contributed by atoms with Crippen LogP contribution in [0, 0.1) is 11.8 Å². The van der Waals surface area contributed by atoms with Crippen molar-refractivity contribution in [2.24, 2.45) is 11.8 Å². The van der Waals surface area contributed by atoms with E-state index in [1.165, 1.54) is 19.3 Å². The van der Waals surface area contributed by atoms with Gasteiger partial charge in [0.15, 0.2) is 5.78 Å². The molecule has 11 heavy (non-hydrogen) atoms. The Morgan fingerprint density at radius 2 is 2.27 bits per heavy atom. The molecule has 0 bridgehead atoms. The van der Waals surface area contributed by atoms with Gasteiger partial charge in [-0.1, -0.05) is 6.42 Å². The number of carbonyl (C=O) groups is 1. The lowest BCUT2D eigenvalue weighted by Gasteiger charge is -2.14. The fourth-order valence-corrected chi connectivity index (χ4v) is 2.64. The molecule has 62 valence electrons. The third-order valence-corrected chi connectivity index (χ3v) is 3.14. The predicted molar refractivity (Wildman–Crippen MR) is 41.3 cm³/mol. The van der Waals surface area contributed by atoms with Crippen LogP contribution in [0.5, 0.6) is 0 Å². The number of ether oxygens (including phenoxy) is 1. The average Bonchev–Trinajstić information content (AvgIpc) is 2.46. The molecule has 3 atom stereocenters. The summed E-state index contributed by atoms with van der Waals surface area (Å²) in [4.78, 5) is 11.3. The van der Waals surface area contributed by atoms with Crippen LogP contribution in [-0.4, -0.2) is 19.0 Å². The van der Waals surface area contributed by atoms with Gasteiger partial charge < -0.3 is 4.74 Å². The molecule has 0 aromatic rings. The van der Waals surface area contributed by atoms with Crippen molar-refractivity contribution in [1.82, 2.24) is 0 Å². The molecule has 0 spiro atoms. The third-order valence-electron chi connectivity index (χ3n) is 3.14. The Morgan fingerprint density at radius 1 is 1.45 bits per heavy atom. The van der Waals surface area contributed by atoms with Crippen molar-refractivity contribution in [2.45, 2.75) is 31.8 Å². The molecular weight excluding hydrogens is 140 g/mol. The molecule has 1 unspecified atom stereocenters. The lowest BCUT2D eigenvalue weighted by atomic mass is 9.99. The Kier molecular flexibility index (Phi) is 1.72. The van der Waals surface area contributed by atoms with E-state index in [1.807, 2.05) is 0 Å². The maximum absolute atomic E-state index is 11.3. The van der Waals surface area contributed by atoms with Crippen molar-refractivity contribution in [3.63, 3.8) is 0 Å². The summed E-state index contributed by atoms with van der Waals surface area (Å²) in [5.41, 5.74) is 0. The van der Waals surface area contributed by atoms with Gasteiger partial charge in [0.05, 0.1) is 0 Å². The number of ketones is 1. The summed E-state index contributed by atoms with van der Waals surface area (Å²) in [7, 11) is 1.66. The zero-order valence-electron chi connectivity index (χ0n) is 6.88. The fourth-order valence-electron chi connectivity index (χ4n) is 2.64. The standard InChI is InChI=1S/C9H14O2/c1-11-9-7-4-2-3-6(7)5-8(9)10/h6-7,9H,2-5H2,1H3/t6-,7-,9?/m1/s1. The van der Waals surface area contributed by atoms with Crippen LogP contribution in [0.25, 0.3) is 0 Å². The second-order valence-corrected chi connectivity index (χ2v) is 3.68. The highest BCUT2D eigenvalue weighted by Crippen LogP contribution is 2.43. The molecule has 0 N–H and O–H groups in total. The SMILES string of the molecule is COC1C(=O)C[C@H]2CCC[C@@H]12. The van der Waals surface area contributed by atoms with E-state index in [0.29, 0.717) is 17.6 Å². The van der Waals surface area contributed by atoms with E-state index in [9.17, 15) is 4.79 Å². The molecule has 2 fully saturated rings. The van der Waals surface area contributed by atoms with Crippen LogP contribution in [0.3, 0.4) is 0 Å². The van der Waals surface area contributed by atoms with Gasteiger partial charge in [-0.25, -0.2) is 0 Å². The number of hydrogen-bond donors (Lipinski definition) is 0.